The predicted molar refractivity (Wildman–Crippen MR) is 117 cm³/mol. The lowest BCUT2D eigenvalue weighted by Crippen LogP contribution is -2.36. The molecule has 3 N–H and O–H groups in total. The number of halogens is 1. The Balaban J connectivity index is 1.84. The zero-order valence-corrected chi connectivity index (χ0v) is 17.4. The van der Waals surface area contributed by atoms with Gasteiger partial charge in [0.25, 0.3) is 11.5 Å². The van der Waals surface area contributed by atoms with Crippen LogP contribution in [0.25, 0.3) is 0 Å². The summed E-state index contributed by atoms with van der Waals surface area (Å²) in [4.78, 5) is 39.7. The maximum absolute atomic E-state index is 13.0. The summed E-state index contributed by atoms with van der Waals surface area (Å²) >= 11 is 0. The van der Waals surface area contributed by atoms with E-state index >= 15 is 0 Å². The summed E-state index contributed by atoms with van der Waals surface area (Å²) in [6.07, 6.45) is 0. The first kappa shape index (κ1) is 22.8. The van der Waals surface area contributed by atoms with Gasteiger partial charge in [-0.3, -0.25) is 19.1 Å². The van der Waals surface area contributed by atoms with Gasteiger partial charge in [-0.2, -0.15) is 0 Å². The molecular weight excluding hydrogens is 419 g/mol. The van der Waals surface area contributed by atoms with Crippen molar-refractivity contribution >= 4 is 17.4 Å². The normalized spacial score (nSPS) is 10.6. The van der Waals surface area contributed by atoms with E-state index in [2.05, 4.69) is 15.6 Å². The van der Waals surface area contributed by atoms with Gasteiger partial charge in [-0.25, -0.2) is 9.18 Å². The number of aromatic nitrogens is 2. The van der Waals surface area contributed by atoms with E-state index in [0.29, 0.717) is 12.3 Å². The fourth-order valence-corrected chi connectivity index (χ4v) is 2.90. The Morgan fingerprint density at radius 2 is 1.81 bits per heavy atom. The second-order valence-corrected chi connectivity index (χ2v) is 6.76. The molecule has 0 unspecified atom stereocenters. The molecule has 3 rings (SSSR count). The van der Waals surface area contributed by atoms with Crippen LogP contribution in [0.15, 0.2) is 64.2 Å². The first-order valence-electron chi connectivity index (χ1n) is 9.80. The van der Waals surface area contributed by atoms with Crippen molar-refractivity contribution in [2.75, 3.05) is 31.0 Å². The van der Waals surface area contributed by atoms with Crippen molar-refractivity contribution in [1.82, 2.24) is 9.55 Å². The predicted octanol–water partition coefficient (Wildman–Crippen LogP) is 1.95. The molecule has 0 aliphatic carbocycles. The Hall–Kier alpha value is -3.92. The number of methoxy groups -OCH3 is 1. The van der Waals surface area contributed by atoms with Crippen molar-refractivity contribution in [3.8, 4) is 5.75 Å². The fraction of sp³-hybridized carbons (Fsp3) is 0.227. The lowest BCUT2D eigenvalue weighted by molar-refractivity contribution is -0.118. The van der Waals surface area contributed by atoms with E-state index < -0.39 is 29.6 Å². The number of amides is 1. The van der Waals surface area contributed by atoms with E-state index in [1.807, 2.05) is 30.3 Å². The number of nitrogens with one attached hydrogen (secondary N) is 3. The number of carbonyl (C=O) groups is 1. The van der Waals surface area contributed by atoms with Crippen LogP contribution in [0, 0.1) is 5.82 Å². The second kappa shape index (κ2) is 10.9. The number of anilines is 2. The zero-order valence-electron chi connectivity index (χ0n) is 17.4. The average Bonchev–Trinajstić information content (AvgIpc) is 2.79. The van der Waals surface area contributed by atoms with Crippen molar-refractivity contribution in [1.29, 1.82) is 0 Å². The van der Waals surface area contributed by atoms with Gasteiger partial charge < -0.3 is 20.1 Å². The molecule has 0 radical (unpaired) electrons. The molecule has 0 atom stereocenters. The first-order valence-corrected chi connectivity index (χ1v) is 9.80. The first-order chi connectivity index (χ1) is 15.5. The quantitative estimate of drug-likeness (QED) is 0.442. The Morgan fingerprint density at radius 1 is 1.09 bits per heavy atom. The molecule has 0 aliphatic rings. The highest BCUT2D eigenvalue weighted by Gasteiger charge is 2.18. The van der Waals surface area contributed by atoms with Crippen LogP contribution >= 0.6 is 0 Å². The number of hydrogen-bond donors (Lipinski definition) is 3. The minimum Gasteiger partial charge on any atom is -0.484 e. The molecule has 10 heteroatoms. The number of ether oxygens (including phenoxy) is 2. The maximum atomic E-state index is 13.0. The lowest BCUT2D eigenvalue weighted by atomic mass is 10.2. The minimum absolute atomic E-state index is 0.000521. The van der Waals surface area contributed by atoms with E-state index in [0.717, 1.165) is 5.56 Å². The van der Waals surface area contributed by atoms with Crippen LogP contribution in [0.4, 0.5) is 15.9 Å². The molecule has 1 amide bonds. The SMILES string of the molecule is COCCn1c(NC(=O)COc2ccc(F)cc2)c(NCc2ccccc2)c(=O)[nH]c1=O. The summed E-state index contributed by atoms with van der Waals surface area (Å²) < 4.78 is 24.6. The van der Waals surface area contributed by atoms with Crippen LogP contribution in [0.5, 0.6) is 5.75 Å². The largest absolute Gasteiger partial charge is 0.484 e. The molecule has 0 saturated carbocycles. The van der Waals surface area contributed by atoms with Crippen molar-refractivity contribution in [3.05, 3.63) is 86.8 Å². The molecule has 1 heterocycles. The third-order valence-electron chi connectivity index (χ3n) is 4.47. The van der Waals surface area contributed by atoms with Crippen LogP contribution in [-0.4, -0.2) is 35.8 Å². The van der Waals surface area contributed by atoms with E-state index in [4.69, 9.17) is 9.47 Å². The highest BCUT2D eigenvalue weighted by Crippen LogP contribution is 2.17. The molecule has 0 saturated heterocycles. The van der Waals surface area contributed by atoms with E-state index in [9.17, 15) is 18.8 Å². The summed E-state index contributed by atoms with van der Waals surface area (Å²) in [5.74, 6) is -0.735. The summed E-state index contributed by atoms with van der Waals surface area (Å²) in [5.41, 5.74) is -0.431. The summed E-state index contributed by atoms with van der Waals surface area (Å²) in [6, 6.07) is 14.5. The number of hydrogen-bond acceptors (Lipinski definition) is 6. The molecule has 0 spiro atoms. The van der Waals surface area contributed by atoms with Crippen molar-refractivity contribution in [2.45, 2.75) is 13.1 Å². The molecule has 32 heavy (non-hydrogen) atoms. The monoisotopic (exact) mass is 442 g/mol. The molecule has 1 aromatic heterocycles. The molecule has 3 aromatic rings. The van der Waals surface area contributed by atoms with Gasteiger partial charge in [0, 0.05) is 13.7 Å². The standard InChI is InChI=1S/C22H23FN4O5/c1-31-12-11-27-20(25-18(28)14-32-17-9-7-16(23)8-10-17)19(21(29)26-22(27)30)24-13-15-5-3-2-4-6-15/h2-10,24H,11-14H2,1H3,(H,25,28)(H,26,29,30). The van der Waals surface area contributed by atoms with Crippen molar-refractivity contribution < 1.29 is 18.7 Å². The summed E-state index contributed by atoms with van der Waals surface area (Å²) in [5, 5.41) is 5.56. The molecular formula is C22H23FN4O5. The number of carbonyl (C=O) groups excluding carboxylic acids is 1. The van der Waals surface area contributed by atoms with Gasteiger partial charge >= 0.3 is 5.69 Å². The molecule has 0 fully saturated rings. The van der Waals surface area contributed by atoms with E-state index in [1.54, 1.807) is 0 Å². The van der Waals surface area contributed by atoms with Gasteiger partial charge in [0.1, 0.15) is 23.1 Å². The van der Waals surface area contributed by atoms with Crippen LogP contribution in [0.3, 0.4) is 0 Å². The highest BCUT2D eigenvalue weighted by atomic mass is 19.1. The Bertz CT molecular complexity index is 1160. The molecule has 0 bridgehead atoms. The number of nitrogens with zero attached hydrogens (tertiary/aromatic N) is 1. The summed E-state index contributed by atoms with van der Waals surface area (Å²) in [7, 11) is 1.47. The Morgan fingerprint density at radius 3 is 2.50 bits per heavy atom. The number of H-pyrrole nitrogens is 1. The number of aromatic amines is 1. The third kappa shape index (κ3) is 6.05. The van der Waals surface area contributed by atoms with Crippen LogP contribution in [-0.2, 0) is 22.6 Å². The van der Waals surface area contributed by atoms with Gasteiger partial charge in [0.05, 0.1) is 13.2 Å². The zero-order chi connectivity index (χ0) is 22.9. The highest BCUT2D eigenvalue weighted by molar-refractivity contribution is 5.93. The third-order valence-corrected chi connectivity index (χ3v) is 4.47. The smallest absolute Gasteiger partial charge is 0.330 e. The van der Waals surface area contributed by atoms with Gasteiger partial charge in [-0.05, 0) is 29.8 Å². The van der Waals surface area contributed by atoms with Gasteiger partial charge in [0.2, 0.25) is 0 Å². The number of rotatable bonds is 10. The lowest BCUT2D eigenvalue weighted by Gasteiger charge is -2.18. The van der Waals surface area contributed by atoms with Gasteiger partial charge in [0.15, 0.2) is 6.61 Å². The topological polar surface area (TPSA) is 114 Å². The number of benzene rings is 2. The van der Waals surface area contributed by atoms with Crippen LogP contribution < -0.4 is 26.6 Å². The second-order valence-electron chi connectivity index (χ2n) is 6.76. The Labute approximate surface area is 182 Å². The van der Waals surface area contributed by atoms with E-state index in [-0.39, 0.29) is 24.7 Å². The molecule has 0 aliphatic heterocycles. The summed E-state index contributed by atoms with van der Waals surface area (Å²) in [6.45, 7) is 0.163. The van der Waals surface area contributed by atoms with E-state index in [1.165, 1.54) is 35.9 Å². The van der Waals surface area contributed by atoms with Gasteiger partial charge in [-0.1, -0.05) is 30.3 Å². The molecule has 2 aromatic carbocycles. The maximum Gasteiger partial charge on any atom is 0.330 e. The molecule has 168 valence electrons. The fourth-order valence-electron chi connectivity index (χ4n) is 2.90. The van der Waals surface area contributed by atoms with Gasteiger partial charge in [-0.15, -0.1) is 0 Å². The van der Waals surface area contributed by atoms with Crippen molar-refractivity contribution in [3.63, 3.8) is 0 Å². The minimum atomic E-state index is -0.688. The van der Waals surface area contributed by atoms with Crippen molar-refractivity contribution in [2.24, 2.45) is 0 Å². The average molecular weight is 442 g/mol. The Kier molecular flexibility index (Phi) is 7.76. The van der Waals surface area contributed by atoms with Crippen LogP contribution in [0.2, 0.25) is 0 Å². The molecule has 9 nitrogen and oxygen atoms in total. The van der Waals surface area contributed by atoms with Crippen LogP contribution in [0.1, 0.15) is 5.56 Å².